The molecule has 0 saturated carbocycles. The fraction of sp³-hybridized carbons (Fsp3) is 0.611. The van der Waals surface area contributed by atoms with Crippen LogP contribution in [0, 0.1) is 0 Å². The summed E-state index contributed by atoms with van der Waals surface area (Å²) in [6.07, 6.45) is 3.58. The zero-order valence-corrected chi connectivity index (χ0v) is 14.8. The van der Waals surface area contributed by atoms with Crippen molar-refractivity contribution in [3.63, 3.8) is 0 Å². The molecule has 4 nitrogen and oxygen atoms in total. The van der Waals surface area contributed by atoms with Crippen molar-refractivity contribution in [2.75, 3.05) is 6.61 Å². The Bertz CT molecular complexity index is 663. The van der Waals surface area contributed by atoms with E-state index in [-0.39, 0.29) is 23.0 Å². The van der Waals surface area contributed by atoms with E-state index in [0.717, 1.165) is 24.2 Å². The molecule has 1 aromatic heterocycles. The van der Waals surface area contributed by atoms with Gasteiger partial charge >= 0.3 is 5.97 Å². The van der Waals surface area contributed by atoms with E-state index in [4.69, 9.17) is 4.74 Å². The second-order valence-electron chi connectivity index (χ2n) is 7.38. The van der Waals surface area contributed by atoms with Gasteiger partial charge in [-0.05, 0) is 26.7 Å². The average Bonchev–Trinajstić information content (AvgIpc) is 2.50. The molecule has 1 aliphatic carbocycles. The molecule has 0 radical (unpaired) electrons. The molecule has 0 N–H and O–H groups in total. The van der Waals surface area contributed by atoms with Gasteiger partial charge in [0.2, 0.25) is 5.83 Å². The molecule has 0 aliphatic heterocycles. The van der Waals surface area contributed by atoms with E-state index < -0.39 is 11.8 Å². The smallest absolute Gasteiger partial charge is 0.367 e. The normalized spacial score (nSPS) is 19.6. The maximum absolute atomic E-state index is 14.2. The van der Waals surface area contributed by atoms with Gasteiger partial charge in [-0.15, -0.1) is 0 Å². The van der Waals surface area contributed by atoms with Gasteiger partial charge in [0.1, 0.15) is 0 Å². The third kappa shape index (κ3) is 3.28. The van der Waals surface area contributed by atoms with E-state index >= 15 is 0 Å². The maximum Gasteiger partial charge on any atom is 0.367 e. The molecule has 0 unspecified atom stereocenters. The van der Waals surface area contributed by atoms with Crippen LogP contribution in [-0.2, 0) is 20.4 Å². The molecule has 0 saturated heterocycles. The van der Waals surface area contributed by atoms with Crippen molar-refractivity contribution in [1.29, 1.82) is 0 Å². The summed E-state index contributed by atoms with van der Waals surface area (Å²) >= 11 is 0. The van der Waals surface area contributed by atoms with E-state index in [0.29, 0.717) is 5.69 Å². The summed E-state index contributed by atoms with van der Waals surface area (Å²) < 4.78 is 18.9. The summed E-state index contributed by atoms with van der Waals surface area (Å²) in [6.45, 7) is 11.9. The molecule has 1 aliphatic rings. The fourth-order valence-corrected chi connectivity index (χ4v) is 2.86. The molecule has 0 atom stereocenters. The van der Waals surface area contributed by atoms with Crippen LogP contribution in [0.2, 0.25) is 0 Å². The lowest BCUT2D eigenvalue weighted by molar-refractivity contribution is -0.140. The third-order valence-electron chi connectivity index (χ3n) is 4.60. The topological polar surface area (TPSA) is 52.1 Å². The molecule has 0 fully saturated rings. The quantitative estimate of drug-likeness (QED) is 0.622. The van der Waals surface area contributed by atoms with Gasteiger partial charge in [-0.25, -0.2) is 9.78 Å². The first-order valence-corrected chi connectivity index (χ1v) is 8.02. The number of aromatic nitrogens is 2. The molecule has 0 amide bonds. The van der Waals surface area contributed by atoms with Gasteiger partial charge in [-0.1, -0.05) is 27.7 Å². The summed E-state index contributed by atoms with van der Waals surface area (Å²) in [6, 6.07) is 0. The van der Waals surface area contributed by atoms with Gasteiger partial charge in [-0.2, -0.15) is 4.39 Å². The highest BCUT2D eigenvalue weighted by Crippen LogP contribution is 2.44. The first-order valence-electron chi connectivity index (χ1n) is 8.02. The lowest BCUT2D eigenvalue weighted by atomic mass is 9.67. The highest BCUT2D eigenvalue weighted by atomic mass is 19.1. The average molecular weight is 320 g/mol. The Balaban J connectivity index is 2.52. The van der Waals surface area contributed by atoms with Crippen LogP contribution < -0.4 is 0 Å². The highest BCUT2D eigenvalue weighted by molar-refractivity contribution is 5.94. The van der Waals surface area contributed by atoms with Crippen LogP contribution in [-0.4, -0.2) is 22.5 Å². The third-order valence-corrected chi connectivity index (χ3v) is 4.60. The second kappa shape index (κ2) is 6.02. The van der Waals surface area contributed by atoms with Gasteiger partial charge in [0, 0.05) is 16.4 Å². The number of halogens is 1. The van der Waals surface area contributed by atoms with E-state index in [1.807, 2.05) is 0 Å². The van der Waals surface area contributed by atoms with E-state index in [9.17, 15) is 9.18 Å². The van der Waals surface area contributed by atoms with Crippen molar-refractivity contribution in [3.05, 3.63) is 29.1 Å². The molecule has 0 aromatic carbocycles. The number of allylic oxidation sites excluding steroid dienone is 1. The van der Waals surface area contributed by atoms with Crippen LogP contribution >= 0.6 is 0 Å². The Kier molecular flexibility index (Phi) is 4.60. The van der Waals surface area contributed by atoms with Crippen molar-refractivity contribution < 1.29 is 13.9 Å². The molecule has 0 spiro atoms. The minimum absolute atomic E-state index is 0.0479. The number of hydrogen-bond acceptors (Lipinski definition) is 4. The second-order valence-corrected chi connectivity index (χ2v) is 7.38. The first-order chi connectivity index (χ1) is 10.6. The number of nitrogens with zero attached hydrogens (tertiary/aromatic N) is 2. The number of carbonyl (C=O) groups excluding carboxylic acids is 1. The zero-order chi connectivity index (χ0) is 17.4. The Morgan fingerprint density at radius 2 is 1.78 bits per heavy atom. The van der Waals surface area contributed by atoms with Gasteiger partial charge < -0.3 is 4.74 Å². The van der Waals surface area contributed by atoms with Crippen LogP contribution in [0.15, 0.2) is 12.0 Å². The molecule has 1 aromatic rings. The molecule has 0 bridgehead atoms. The van der Waals surface area contributed by atoms with Crippen molar-refractivity contribution in [1.82, 2.24) is 9.97 Å². The minimum Gasteiger partial charge on any atom is -0.461 e. The molecule has 23 heavy (non-hydrogen) atoms. The molecule has 2 rings (SSSR count). The Morgan fingerprint density at radius 1 is 1.22 bits per heavy atom. The molecule has 126 valence electrons. The van der Waals surface area contributed by atoms with Crippen LogP contribution in [0.5, 0.6) is 0 Å². The van der Waals surface area contributed by atoms with Crippen molar-refractivity contribution in [2.24, 2.45) is 0 Å². The van der Waals surface area contributed by atoms with Crippen LogP contribution in [0.25, 0.3) is 5.57 Å². The summed E-state index contributed by atoms with van der Waals surface area (Å²) in [5.74, 6) is -1.86. The van der Waals surface area contributed by atoms with Crippen LogP contribution in [0.4, 0.5) is 4.39 Å². The molecule has 5 heteroatoms. The highest BCUT2D eigenvalue weighted by Gasteiger charge is 2.39. The Hall–Kier alpha value is -1.78. The van der Waals surface area contributed by atoms with Crippen molar-refractivity contribution in [2.45, 2.75) is 65.2 Å². The van der Waals surface area contributed by atoms with Crippen molar-refractivity contribution >= 4 is 11.5 Å². The number of carbonyl (C=O) groups is 1. The first kappa shape index (κ1) is 17.6. The van der Waals surface area contributed by atoms with E-state index in [1.54, 1.807) is 13.1 Å². The Morgan fingerprint density at radius 3 is 2.35 bits per heavy atom. The predicted molar refractivity (Wildman–Crippen MR) is 87.7 cm³/mol. The fourth-order valence-electron chi connectivity index (χ4n) is 2.86. The monoisotopic (exact) mass is 320 g/mol. The molecular formula is C18H25FN2O2. The summed E-state index contributed by atoms with van der Waals surface area (Å²) in [5.41, 5.74) is 2.24. The van der Waals surface area contributed by atoms with Gasteiger partial charge in [0.25, 0.3) is 0 Å². The summed E-state index contributed by atoms with van der Waals surface area (Å²) in [5, 5.41) is 0. The molecular weight excluding hydrogens is 295 g/mol. The van der Waals surface area contributed by atoms with Gasteiger partial charge in [0.15, 0.2) is 0 Å². The lowest BCUT2D eigenvalue weighted by Crippen LogP contribution is -2.36. The number of ether oxygens (including phenoxy) is 1. The van der Waals surface area contributed by atoms with Crippen LogP contribution in [0.3, 0.4) is 0 Å². The molecule has 1 heterocycles. The van der Waals surface area contributed by atoms with Gasteiger partial charge in [-0.3, -0.25) is 4.98 Å². The minimum atomic E-state index is -0.955. The number of fused-ring (bicyclic) bond motifs is 1. The van der Waals surface area contributed by atoms with Crippen LogP contribution in [0.1, 0.15) is 71.5 Å². The zero-order valence-electron chi connectivity index (χ0n) is 14.8. The van der Waals surface area contributed by atoms with E-state index in [2.05, 4.69) is 37.7 Å². The lowest BCUT2D eigenvalue weighted by Gasteiger charge is -2.39. The van der Waals surface area contributed by atoms with Gasteiger partial charge in [0.05, 0.1) is 29.9 Å². The SMILES string of the molecule is CCOC(=O)/C(F)=C(/C)c1cnc2c(n1)C(C)(C)CCC2(C)C. The number of esters is 1. The predicted octanol–water partition coefficient (Wildman–Crippen LogP) is 4.09. The summed E-state index contributed by atoms with van der Waals surface area (Å²) in [7, 11) is 0. The summed E-state index contributed by atoms with van der Waals surface area (Å²) in [4.78, 5) is 20.8. The van der Waals surface area contributed by atoms with E-state index in [1.165, 1.54) is 6.92 Å². The maximum atomic E-state index is 14.2. The number of hydrogen-bond donors (Lipinski definition) is 0. The standard InChI is InChI=1S/C18H25FN2O2/c1-7-23-16(22)13(19)11(2)12-10-20-14-15(21-12)18(5,6)9-8-17(14,3)4/h10H,7-9H2,1-6H3/b13-11+. The Labute approximate surface area is 137 Å². The van der Waals surface area contributed by atoms with Crippen molar-refractivity contribution in [3.8, 4) is 0 Å². The largest absolute Gasteiger partial charge is 0.461 e. The number of rotatable bonds is 3.